The standard InChI is InChI=1S/C13H12F2N2OS/c1-3-10-12(16-7(2)18)19-13(17-10)11-8(14)5-4-6-9(11)15/h4-6H,3H2,1-2H3,(H,16,18). The number of hydrogen-bond donors (Lipinski definition) is 1. The van der Waals surface area contributed by atoms with Crippen molar-refractivity contribution < 1.29 is 13.6 Å². The van der Waals surface area contributed by atoms with Gasteiger partial charge in [-0.25, -0.2) is 13.8 Å². The minimum absolute atomic E-state index is 0.154. The number of nitrogens with one attached hydrogen (secondary N) is 1. The average molecular weight is 282 g/mol. The molecule has 0 aliphatic heterocycles. The van der Waals surface area contributed by atoms with Gasteiger partial charge in [0, 0.05) is 6.92 Å². The fraction of sp³-hybridized carbons (Fsp3) is 0.231. The predicted octanol–water partition coefficient (Wildman–Crippen LogP) is 3.61. The average Bonchev–Trinajstić information content (AvgIpc) is 2.71. The van der Waals surface area contributed by atoms with Crippen LogP contribution < -0.4 is 5.32 Å². The number of rotatable bonds is 3. The highest BCUT2D eigenvalue weighted by atomic mass is 32.1. The summed E-state index contributed by atoms with van der Waals surface area (Å²) in [6.45, 7) is 3.24. The van der Waals surface area contributed by atoms with Gasteiger partial charge >= 0.3 is 0 Å². The van der Waals surface area contributed by atoms with Crippen LogP contribution in [0.4, 0.5) is 13.8 Å². The second kappa shape index (κ2) is 5.44. The summed E-state index contributed by atoms with van der Waals surface area (Å²) in [5.74, 6) is -1.56. The molecule has 0 fully saturated rings. The molecule has 1 aromatic heterocycles. The summed E-state index contributed by atoms with van der Waals surface area (Å²) in [5.41, 5.74) is 0.469. The molecule has 1 N–H and O–H groups in total. The van der Waals surface area contributed by atoms with Crippen LogP contribution in [0.25, 0.3) is 10.6 Å². The van der Waals surface area contributed by atoms with Crippen molar-refractivity contribution in [1.82, 2.24) is 4.98 Å². The summed E-state index contributed by atoms with van der Waals surface area (Å²) in [5, 5.41) is 3.39. The smallest absolute Gasteiger partial charge is 0.221 e. The van der Waals surface area contributed by atoms with Crippen LogP contribution >= 0.6 is 11.3 Å². The van der Waals surface area contributed by atoms with Crippen LogP contribution in [0.2, 0.25) is 0 Å². The van der Waals surface area contributed by atoms with Crippen LogP contribution in [0, 0.1) is 11.6 Å². The van der Waals surface area contributed by atoms with Gasteiger partial charge in [0.15, 0.2) is 0 Å². The molecule has 1 heterocycles. The largest absolute Gasteiger partial charge is 0.316 e. The lowest BCUT2D eigenvalue weighted by atomic mass is 10.2. The molecule has 0 aliphatic carbocycles. The van der Waals surface area contributed by atoms with E-state index < -0.39 is 11.6 Å². The second-order valence-electron chi connectivity index (χ2n) is 3.93. The molecule has 0 atom stereocenters. The molecule has 2 aromatic rings. The van der Waals surface area contributed by atoms with Gasteiger partial charge in [0.2, 0.25) is 5.91 Å². The van der Waals surface area contributed by atoms with E-state index in [9.17, 15) is 13.6 Å². The Morgan fingerprint density at radius 1 is 1.37 bits per heavy atom. The van der Waals surface area contributed by atoms with Crippen molar-refractivity contribution in [2.45, 2.75) is 20.3 Å². The van der Waals surface area contributed by atoms with Crippen molar-refractivity contribution in [3.8, 4) is 10.6 Å². The number of thiazole rings is 1. The van der Waals surface area contributed by atoms with Crippen LogP contribution in [-0.2, 0) is 11.2 Å². The van der Waals surface area contributed by atoms with Crippen molar-refractivity contribution in [3.05, 3.63) is 35.5 Å². The molecular weight excluding hydrogens is 270 g/mol. The van der Waals surface area contributed by atoms with Crippen molar-refractivity contribution in [3.63, 3.8) is 0 Å². The fourth-order valence-electron chi connectivity index (χ4n) is 1.66. The van der Waals surface area contributed by atoms with Crippen LogP contribution in [-0.4, -0.2) is 10.9 Å². The Bertz CT molecular complexity index is 605. The molecule has 100 valence electrons. The molecule has 19 heavy (non-hydrogen) atoms. The molecule has 2 rings (SSSR count). The summed E-state index contributed by atoms with van der Waals surface area (Å²) in [6, 6.07) is 3.67. The summed E-state index contributed by atoms with van der Waals surface area (Å²) in [4.78, 5) is 15.3. The number of carbonyl (C=O) groups excluding carboxylic acids is 1. The van der Waals surface area contributed by atoms with E-state index in [4.69, 9.17) is 0 Å². The molecule has 0 aliphatic rings. The van der Waals surface area contributed by atoms with Gasteiger partial charge in [-0.3, -0.25) is 4.79 Å². The van der Waals surface area contributed by atoms with Crippen molar-refractivity contribution in [1.29, 1.82) is 0 Å². The van der Waals surface area contributed by atoms with Gasteiger partial charge in [-0.1, -0.05) is 24.3 Å². The number of nitrogens with zero attached hydrogens (tertiary/aromatic N) is 1. The monoisotopic (exact) mass is 282 g/mol. The maximum atomic E-state index is 13.7. The highest BCUT2D eigenvalue weighted by Gasteiger charge is 2.18. The van der Waals surface area contributed by atoms with Crippen LogP contribution in [0.1, 0.15) is 19.5 Å². The maximum Gasteiger partial charge on any atom is 0.221 e. The zero-order valence-corrected chi connectivity index (χ0v) is 11.3. The predicted molar refractivity (Wildman–Crippen MR) is 71.1 cm³/mol. The SMILES string of the molecule is CCc1nc(-c2c(F)cccc2F)sc1NC(C)=O. The Morgan fingerprint density at radius 3 is 2.53 bits per heavy atom. The van der Waals surface area contributed by atoms with Crippen molar-refractivity contribution in [2.75, 3.05) is 5.32 Å². The maximum absolute atomic E-state index is 13.7. The normalized spacial score (nSPS) is 10.5. The first kappa shape index (κ1) is 13.6. The Hall–Kier alpha value is -1.82. The highest BCUT2D eigenvalue weighted by molar-refractivity contribution is 7.19. The Morgan fingerprint density at radius 2 is 2.00 bits per heavy atom. The van der Waals surface area contributed by atoms with Crippen molar-refractivity contribution >= 4 is 22.2 Å². The van der Waals surface area contributed by atoms with E-state index in [0.29, 0.717) is 17.1 Å². The summed E-state index contributed by atoms with van der Waals surface area (Å²) >= 11 is 1.07. The lowest BCUT2D eigenvalue weighted by Crippen LogP contribution is -2.05. The van der Waals surface area contributed by atoms with Crippen molar-refractivity contribution in [2.24, 2.45) is 0 Å². The zero-order valence-electron chi connectivity index (χ0n) is 10.5. The molecule has 0 saturated carbocycles. The third-order valence-corrected chi connectivity index (χ3v) is 3.53. The molecule has 3 nitrogen and oxygen atoms in total. The summed E-state index contributed by atoms with van der Waals surface area (Å²) < 4.78 is 27.4. The lowest BCUT2D eigenvalue weighted by Gasteiger charge is -1.99. The number of amides is 1. The van der Waals surface area contributed by atoms with E-state index in [-0.39, 0.29) is 16.5 Å². The molecule has 0 saturated heterocycles. The molecular formula is C13H12F2N2OS. The summed E-state index contributed by atoms with van der Waals surface area (Å²) in [6.07, 6.45) is 0.572. The number of anilines is 1. The Labute approximate surface area is 113 Å². The van der Waals surface area contributed by atoms with Gasteiger partial charge < -0.3 is 5.32 Å². The minimum Gasteiger partial charge on any atom is -0.316 e. The molecule has 0 spiro atoms. The molecule has 0 radical (unpaired) electrons. The van der Waals surface area contributed by atoms with Gasteiger partial charge in [0.05, 0.1) is 11.3 Å². The van der Waals surface area contributed by atoms with Crippen LogP contribution in [0.15, 0.2) is 18.2 Å². The number of halogens is 2. The molecule has 0 unspecified atom stereocenters. The van der Waals surface area contributed by atoms with E-state index >= 15 is 0 Å². The number of carbonyl (C=O) groups is 1. The van der Waals surface area contributed by atoms with E-state index in [1.165, 1.54) is 25.1 Å². The number of hydrogen-bond acceptors (Lipinski definition) is 3. The first-order chi connectivity index (χ1) is 9.02. The number of benzene rings is 1. The zero-order chi connectivity index (χ0) is 14.0. The van der Waals surface area contributed by atoms with Crippen LogP contribution in [0.5, 0.6) is 0 Å². The topological polar surface area (TPSA) is 42.0 Å². The first-order valence-corrected chi connectivity index (χ1v) is 6.56. The fourth-order valence-corrected chi connectivity index (χ4v) is 2.81. The third kappa shape index (κ3) is 2.78. The quantitative estimate of drug-likeness (QED) is 0.934. The molecule has 1 amide bonds. The van der Waals surface area contributed by atoms with Gasteiger partial charge in [0.25, 0.3) is 0 Å². The van der Waals surface area contributed by atoms with Gasteiger partial charge in [0.1, 0.15) is 21.6 Å². The van der Waals surface area contributed by atoms with Gasteiger partial charge in [-0.05, 0) is 18.6 Å². The Balaban J connectivity index is 2.51. The molecule has 6 heteroatoms. The lowest BCUT2D eigenvalue weighted by molar-refractivity contribution is -0.114. The van der Waals surface area contributed by atoms with E-state index in [1.54, 1.807) is 0 Å². The van der Waals surface area contributed by atoms with Gasteiger partial charge in [-0.15, -0.1) is 0 Å². The third-order valence-electron chi connectivity index (χ3n) is 2.50. The minimum atomic E-state index is -0.661. The first-order valence-electron chi connectivity index (χ1n) is 5.74. The number of aryl methyl sites for hydroxylation is 1. The number of aromatic nitrogens is 1. The summed E-state index contributed by atoms with van der Waals surface area (Å²) in [7, 11) is 0. The molecule has 0 bridgehead atoms. The van der Waals surface area contributed by atoms with E-state index in [2.05, 4.69) is 10.3 Å². The van der Waals surface area contributed by atoms with E-state index in [0.717, 1.165) is 11.3 Å². The van der Waals surface area contributed by atoms with Gasteiger partial charge in [-0.2, -0.15) is 0 Å². The van der Waals surface area contributed by atoms with E-state index in [1.807, 2.05) is 6.92 Å². The van der Waals surface area contributed by atoms with Crippen LogP contribution in [0.3, 0.4) is 0 Å². The second-order valence-corrected chi connectivity index (χ2v) is 4.93. The molecule has 1 aromatic carbocycles. The highest BCUT2D eigenvalue weighted by Crippen LogP contribution is 2.35. The Kier molecular flexibility index (Phi) is 3.90.